The van der Waals surface area contributed by atoms with Gasteiger partial charge in [-0.15, -0.1) is 11.6 Å². The van der Waals surface area contributed by atoms with Crippen molar-refractivity contribution in [3.63, 3.8) is 0 Å². The van der Waals surface area contributed by atoms with Gasteiger partial charge in [-0.1, -0.05) is 19.3 Å². The van der Waals surface area contributed by atoms with E-state index in [4.69, 9.17) is 21.3 Å². The monoisotopic (exact) mass is 293 g/mol. The quantitative estimate of drug-likeness (QED) is 0.807. The van der Waals surface area contributed by atoms with Crippen LogP contribution in [0.2, 0.25) is 0 Å². The number of methoxy groups -OCH3 is 1. The Morgan fingerprint density at radius 2 is 2.05 bits per heavy atom. The van der Waals surface area contributed by atoms with E-state index in [0.29, 0.717) is 17.8 Å². The van der Waals surface area contributed by atoms with Crippen molar-refractivity contribution in [2.75, 3.05) is 13.0 Å². The van der Waals surface area contributed by atoms with Gasteiger partial charge in [0.05, 0.1) is 7.11 Å². The molecule has 4 nitrogen and oxygen atoms in total. The minimum absolute atomic E-state index is 0.506. The van der Waals surface area contributed by atoms with Gasteiger partial charge < -0.3 is 9.30 Å². The van der Waals surface area contributed by atoms with Crippen LogP contribution in [0.15, 0.2) is 12.1 Å². The Bertz CT molecular complexity index is 590. The molecule has 2 heterocycles. The molecular weight excluding hydrogens is 274 g/mol. The van der Waals surface area contributed by atoms with Gasteiger partial charge in [-0.3, -0.25) is 0 Å². The molecule has 0 aliphatic heterocycles. The molecule has 2 aromatic rings. The van der Waals surface area contributed by atoms with Crippen LogP contribution in [0.1, 0.15) is 44.0 Å². The summed E-state index contributed by atoms with van der Waals surface area (Å²) in [4.78, 5) is 9.32. The van der Waals surface area contributed by atoms with E-state index in [9.17, 15) is 0 Å². The summed E-state index contributed by atoms with van der Waals surface area (Å²) in [5.41, 5.74) is 1.88. The average molecular weight is 294 g/mol. The summed E-state index contributed by atoms with van der Waals surface area (Å²) >= 11 is 5.93. The highest BCUT2D eigenvalue weighted by atomic mass is 35.5. The van der Waals surface area contributed by atoms with Crippen LogP contribution in [-0.4, -0.2) is 27.5 Å². The van der Waals surface area contributed by atoms with E-state index in [1.165, 1.54) is 32.1 Å². The fourth-order valence-corrected chi connectivity index (χ4v) is 3.27. The first-order valence-electron chi connectivity index (χ1n) is 7.31. The van der Waals surface area contributed by atoms with Crippen molar-refractivity contribution < 1.29 is 4.74 Å². The zero-order valence-corrected chi connectivity index (χ0v) is 12.6. The van der Waals surface area contributed by atoms with Crippen molar-refractivity contribution in [1.29, 1.82) is 0 Å². The highest BCUT2D eigenvalue weighted by molar-refractivity contribution is 6.17. The molecule has 20 heavy (non-hydrogen) atoms. The second-order valence-electron chi connectivity index (χ2n) is 5.33. The fraction of sp³-hybridized carbons (Fsp3) is 0.600. The number of pyridine rings is 1. The zero-order chi connectivity index (χ0) is 13.9. The Labute approximate surface area is 124 Å². The summed E-state index contributed by atoms with van der Waals surface area (Å²) in [6.45, 7) is 0. The number of aromatic nitrogens is 3. The van der Waals surface area contributed by atoms with Gasteiger partial charge in [0.2, 0.25) is 5.88 Å². The van der Waals surface area contributed by atoms with Crippen LogP contribution >= 0.6 is 11.6 Å². The van der Waals surface area contributed by atoms with Gasteiger partial charge in [0.15, 0.2) is 5.65 Å². The summed E-state index contributed by atoms with van der Waals surface area (Å²) in [6.07, 6.45) is 7.12. The summed E-state index contributed by atoms with van der Waals surface area (Å²) in [5.74, 6) is 2.29. The number of nitrogens with zero attached hydrogens (tertiary/aromatic N) is 3. The van der Waals surface area contributed by atoms with Crippen LogP contribution in [-0.2, 0) is 6.42 Å². The van der Waals surface area contributed by atoms with E-state index in [1.807, 2.05) is 12.1 Å². The molecule has 0 aromatic carbocycles. The largest absolute Gasteiger partial charge is 0.481 e. The number of hydrogen-bond donors (Lipinski definition) is 0. The van der Waals surface area contributed by atoms with E-state index in [2.05, 4.69) is 9.55 Å². The lowest BCUT2D eigenvalue weighted by atomic mass is 9.95. The first kappa shape index (κ1) is 13.7. The number of rotatable bonds is 4. The van der Waals surface area contributed by atoms with Gasteiger partial charge in [-0.05, 0) is 18.9 Å². The molecule has 0 atom stereocenters. The molecule has 1 saturated carbocycles. The van der Waals surface area contributed by atoms with Crippen molar-refractivity contribution >= 4 is 22.8 Å². The second-order valence-corrected chi connectivity index (χ2v) is 5.70. The molecule has 0 bridgehead atoms. The van der Waals surface area contributed by atoms with Crippen LogP contribution in [0.3, 0.4) is 0 Å². The Kier molecular flexibility index (Phi) is 4.10. The van der Waals surface area contributed by atoms with E-state index in [-0.39, 0.29) is 0 Å². The fourth-order valence-electron chi connectivity index (χ4n) is 3.10. The number of ether oxygens (including phenoxy) is 1. The van der Waals surface area contributed by atoms with Gasteiger partial charge in [-0.2, -0.15) is 4.98 Å². The van der Waals surface area contributed by atoms with E-state index < -0.39 is 0 Å². The predicted octanol–water partition coefficient (Wildman–Crippen LogP) is 3.73. The van der Waals surface area contributed by atoms with Crippen molar-refractivity contribution in [1.82, 2.24) is 14.5 Å². The molecular formula is C15H20ClN3O. The minimum atomic E-state index is 0.506. The van der Waals surface area contributed by atoms with Crippen molar-refractivity contribution in [3.05, 3.63) is 18.0 Å². The highest BCUT2D eigenvalue weighted by Crippen LogP contribution is 2.32. The summed E-state index contributed by atoms with van der Waals surface area (Å²) in [7, 11) is 1.65. The first-order chi connectivity index (χ1) is 9.83. The lowest BCUT2D eigenvalue weighted by molar-refractivity contribution is 0.350. The number of fused-ring (bicyclic) bond motifs is 1. The smallest absolute Gasteiger partial charge is 0.215 e. The topological polar surface area (TPSA) is 39.9 Å². The third kappa shape index (κ3) is 2.49. The summed E-state index contributed by atoms with van der Waals surface area (Å²) in [5, 5.41) is 0. The molecule has 1 aliphatic carbocycles. The van der Waals surface area contributed by atoms with Crippen molar-refractivity contribution in [2.45, 2.75) is 44.6 Å². The van der Waals surface area contributed by atoms with E-state index in [1.54, 1.807) is 7.11 Å². The molecule has 3 rings (SSSR count). The zero-order valence-electron chi connectivity index (χ0n) is 11.8. The minimum Gasteiger partial charge on any atom is -0.481 e. The van der Waals surface area contributed by atoms with Gasteiger partial charge >= 0.3 is 0 Å². The van der Waals surface area contributed by atoms with Gasteiger partial charge in [0.1, 0.15) is 11.3 Å². The number of aryl methyl sites for hydroxylation is 1. The standard InChI is InChI=1S/C15H20ClN3O/c1-20-14-8-7-12-15(18-14)19(13(17-12)9-10-16)11-5-3-2-4-6-11/h7-8,11H,2-6,9-10H2,1H3. The second kappa shape index (κ2) is 6.00. The molecule has 2 aromatic heterocycles. The van der Waals surface area contributed by atoms with Crippen molar-refractivity contribution in [2.24, 2.45) is 0 Å². The molecule has 108 valence electrons. The highest BCUT2D eigenvalue weighted by Gasteiger charge is 2.22. The van der Waals surface area contributed by atoms with Crippen LogP contribution in [0, 0.1) is 0 Å². The van der Waals surface area contributed by atoms with Crippen LogP contribution in [0.4, 0.5) is 0 Å². The van der Waals surface area contributed by atoms with Crippen molar-refractivity contribution in [3.8, 4) is 5.88 Å². The number of halogens is 1. The molecule has 0 unspecified atom stereocenters. The molecule has 1 aliphatic rings. The van der Waals surface area contributed by atoms with E-state index in [0.717, 1.165) is 23.4 Å². The van der Waals surface area contributed by atoms with Crippen LogP contribution in [0.25, 0.3) is 11.2 Å². The molecule has 0 N–H and O–H groups in total. The Balaban J connectivity index is 2.10. The average Bonchev–Trinajstić information content (AvgIpc) is 2.85. The predicted molar refractivity (Wildman–Crippen MR) is 80.6 cm³/mol. The molecule has 0 amide bonds. The Morgan fingerprint density at radius 1 is 1.25 bits per heavy atom. The summed E-state index contributed by atoms with van der Waals surface area (Å²) < 4.78 is 7.56. The van der Waals surface area contributed by atoms with Crippen LogP contribution in [0.5, 0.6) is 5.88 Å². The SMILES string of the molecule is COc1ccc2nc(CCCl)n(C3CCCCC3)c2n1. The van der Waals surface area contributed by atoms with Crippen LogP contribution < -0.4 is 4.74 Å². The third-order valence-electron chi connectivity index (χ3n) is 4.05. The maximum absolute atomic E-state index is 5.93. The van der Waals surface area contributed by atoms with Gasteiger partial charge in [0.25, 0.3) is 0 Å². The molecule has 0 spiro atoms. The number of imidazole rings is 1. The first-order valence-corrected chi connectivity index (χ1v) is 7.84. The number of alkyl halides is 1. The van der Waals surface area contributed by atoms with Gasteiger partial charge in [-0.25, -0.2) is 4.98 Å². The number of hydrogen-bond acceptors (Lipinski definition) is 3. The lowest BCUT2D eigenvalue weighted by Crippen LogP contribution is -2.16. The lowest BCUT2D eigenvalue weighted by Gasteiger charge is -2.25. The molecule has 0 radical (unpaired) electrons. The maximum Gasteiger partial charge on any atom is 0.215 e. The Hall–Kier alpha value is -1.29. The normalized spacial score (nSPS) is 16.7. The Morgan fingerprint density at radius 3 is 2.75 bits per heavy atom. The summed E-state index contributed by atoms with van der Waals surface area (Å²) in [6, 6.07) is 4.36. The third-order valence-corrected chi connectivity index (χ3v) is 4.24. The molecule has 5 heteroatoms. The maximum atomic E-state index is 5.93. The van der Waals surface area contributed by atoms with Gasteiger partial charge in [0, 0.05) is 24.4 Å². The van der Waals surface area contributed by atoms with E-state index >= 15 is 0 Å². The molecule has 0 saturated heterocycles. The molecule has 1 fully saturated rings.